The Balaban J connectivity index is 1.24. The van der Waals surface area contributed by atoms with Crippen LogP contribution in [-0.2, 0) is 11.3 Å². The van der Waals surface area contributed by atoms with Crippen molar-refractivity contribution >= 4 is 22.3 Å². The standard InChI is InChI=1S/C22H22N6O3/c29-19(10-14-28-22(31)17-6-2-1-5-16(17)21(30)25-28)26-12-8-15(9-13-26)20-24-23-18-7-3-4-11-27(18)20/h1-7,11,15H,8-10,12-14H2,(H,25,30). The van der Waals surface area contributed by atoms with E-state index in [0.29, 0.717) is 23.9 Å². The molecule has 1 aliphatic rings. The molecule has 0 bridgehead atoms. The molecule has 5 rings (SSSR count). The third-order valence-corrected chi connectivity index (χ3v) is 5.99. The number of nitrogens with one attached hydrogen (secondary N) is 1. The van der Waals surface area contributed by atoms with Gasteiger partial charge in [0.05, 0.1) is 17.3 Å². The number of piperidine rings is 1. The van der Waals surface area contributed by atoms with Gasteiger partial charge >= 0.3 is 0 Å². The van der Waals surface area contributed by atoms with Gasteiger partial charge < -0.3 is 4.90 Å². The molecule has 0 unspecified atom stereocenters. The second kappa shape index (κ2) is 7.82. The second-order valence-electron chi connectivity index (χ2n) is 7.84. The summed E-state index contributed by atoms with van der Waals surface area (Å²) in [5.41, 5.74) is 0.204. The van der Waals surface area contributed by atoms with Crippen LogP contribution in [0.5, 0.6) is 0 Å². The predicted molar refractivity (Wildman–Crippen MR) is 115 cm³/mol. The summed E-state index contributed by atoms with van der Waals surface area (Å²) in [5.74, 6) is 1.16. The van der Waals surface area contributed by atoms with Gasteiger partial charge in [0, 0.05) is 31.6 Å². The van der Waals surface area contributed by atoms with E-state index in [2.05, 4.69) is 15.3 Å². The number of fused-ring (bicyclic) bond motifs is 2. The molecule has 0 saturated carbocycles. The fraction of sp³-hybridized carbons (Fsp3) is 0.318. The van der Waals surface area contributed by atoms with Crippen LogP contribution in [0.15, 0.2) is 58.3 Å². The van der Waals surface area contributed by atoms with E-state index in [1.54, 1.807) is 24.3 Å². The van der Waals surface area contributed by atoms with Crippen LogP contribution in [0.2, 0.25) is 0 Å². The summed E-state index contributed by atoms with van der Waals surface area (Å²) >= 11 is 0. The summed E-state index contributed by atoms with van der Waals surface area (Å²) in [4.78, 5) is 39.4. The zero-order chi connectivity index (χ0) is 21.4. The topological polar surface area (TPSA) is 105 Å². The molecule has 1 saturated heterocycles. The van der Waals surface area contributed by atoms with Crippen LogP contribution < -0.4 is 11.1 Å². The van der Waals surface area contributed by atoms with Crippen molar-refractivity contribution in [1.29, 1.82) is 0 Å². The average Bonchev–Trinajstić information content (AvgIpc) is 3.25. The van der Waals surface area contributed by atoms with Crippen molar-refractivity contribution in [2.24, 2.45) is 0 Å². The van der Waals surface area contributed by atoms with E-state index in [4.69, 9.17) is 0 Å². The van der Waals surface area contributed by atoms with E-state index in [1.807, 2.05) is 33.7 Å². The van der Waals surface area contributed by atoms with Crippen LogP contribution in [-0.4, -0.2) is 48.3 Å². The molecule has 158 valence electrons. The number of rotatable bonds is 4. The molecule has 9 nitrogen and oxygen atoms in total. The lowest BCUT2D eigenvalue weighted by atomic mass is 9.96. The van der Waals surface area contributed by atoms with Crippen LogP contribution >= 0.6 is 0 Å². The maximum Gasteiger partial charge on any atom is 0.273 e. The van der Waals surface area contributed by atoms with E-state index in [0.717, 1.165) is 24.3 Å². The zero-order valence-corrected chi connectivity index (χ0v) is 16.9. The number of aryl methyl sites for hydroxylation is 1. The number of carbonyl (C=O) groups is 1. The van der Waals surface area contributed by atoms with Gasteiger partial charge in [-0.15, -0.1) is 10.2 Å². The Kier molecular flexibility index (Phi) is 4.85. The number of pyridine rings is 1. The van der Waals surface area contributed by atoms with E-state index < -0.39 is 0 Å². The normalized spacial score (nSPS) is 15.0. The van der Waals surface area contributed by atoms with Crippen molar-refractivity contribution in [2.75, 3.05) is 13.1 Å². The van der Waals surface area contributed by atoms with Gasteiger partial charge in [0.15, 0.2) is 5.65 Å². The number of amides is 1. The highest BCUT2D eigenvalue weighted by atomic mass is 16.2. The third-order valence-electron chi connectivity index (χ3n) is 5.99. The molecule has 9 heteroatoms. The van der Waals surface area contributed by atoms with Crippen molar-refractivity contribution < 1.29 is 4.79 Å². The molecule has 0 atom stereocenters. The van der Waals surface area contributed by atoms with Crippen LogP contribution in [0.3, 0.4) is 0 Å². The molecule has 1 aliphatic heterocycles. The molecule has 4 aromatic rings. The molecule has 1 amide bonds. The number of H-pyrrole nitrogens is 1. The zero-order valence-electron chi connectivity index (χ0n) is 16.9. The predicted octanol–water partition coefficient (Wildman–Crippen LogP) is 1.53. The maximum atomic E-state index is 12.7. The van der Waals surface area contributed by atoms with Crippen LogP contribution in [0.4, 0.5) is 0 Å². The number of aromatic nitrogens is 5. The van der Waals surface area contributed by atoms with Gasteiger partial charge in [-0.3, -0.25) is 23.9 Å². The minimum absolute atomic E-state index is 0.0227. The van der Waals surface area contributed by atoms with Crippen LogP contribution in [0.25, 0.3) is 16.4 Å². The fourth-order valence-corrected chi connectivity index (χ4v) is 4.29. The maximum absolute atomic E-state index is 12.7. The van der Waals surface area contributed by atoms with Crippen molar-refractivity contribution in [1.82, 2.24) is 29.3 Å². The molecule has 1 fully saturated rings. The van der Waals surface area contributed by atoms with E-state index in [9.17, 15) is 14.4 Å². The van der Waals surface area contributed by atoms with Crippen LogP contribution in [0.1, 0.15) is 31.0 Å². The summed E-state index contributed by atoms with van der Waals surface area (Å²) in [5, 5.41) is 11.9. The number of carbonyl (C=O) groups excluding carboxylic acids is 1. The summed E-state index contributed by atoms with van der Waals surface area (Å²) in [7, 11) is 0. The van der Waals surface area contributed by atoms with Gasteiger partial charge in [-0.25, -0.2) is 4.68 Å². The Labute approximate surface area is 176 Å². The first-order valence-electron chi connectivity index (χ1n) is 10.4. The molecule has 4 heterocycles. The van der Waals surface area contributed by atoms with Crippen molar-refractivity contribution in [3.05, 3.63) is 75.2 Å². The van der Waals surface area contributed by atoms with E-state index >= 15 is 0 Å². The highest BCUT2D eigenvalue weighted by Crippen LogP contribution is 2.27. The Morgan fingerprint density at radius 1 is 1.00 bits per heavy atom. The Morgan fingerprint density at radius 2 is 1.74 bits per heavy atom. The number of likely N-dealkylation sites (tertiary alicyclic amines) is 1. The lowest BCUT2D eigenvalue weighted by molar-refractivity contribution is -0.132. The molecule has 0 aliphatic carbocycles. The number of hydrogen-bond donors (Lipinski definition) is 1. The SMILES string of the molecule is O=C(CCn1[nH]c(=O)c2ccccc2c1=O)N1CCC(c2nnc3ccccn23)CC1. The number of nitrogens with zero attached hydrogens (tertiary/aromatic N) is 5. The molecule has 0 spiro atoms. The molecule has 0 radical (unpaired) electrons. The molecular formula is C22H22N6O3. The van der Waals surface area contributed by atoms with Gasteiger partial charge in [0.2, 0.25) is 5.91 Å². The molecule has 1 N–H and O–H groups in total. The first kappa shape index (κ1) is 19.2. The van der Waals surface area contributed by atoms with E-state index in [1.165, 1.54) is 4.68 Å². The molecule has 31 heavy (non-hydrogen) atoms. The van der Waals surface area contributed by atoms with Crippen molar-refractivity contribution in [3.8, 4) is 0 Å². The van der Waals surface area contributed by atoms with Crippen molar-refractivity contribution in [2.45, 2.75) is 31.7 Å². The summed E-state index contributed by atoms with van der Waals surface area (Å²) in [6.45, 7) is 1.41. The number of aromatic amines is 1. The van der Waals surface area contributed by atoms with Gasteiger partial charge in [0.25, 0.3) is 11.1 Å². The van der Waals surface area contributed by atoms with E-state index in [-0.39, 0.29) is 35.9 Å². The lowest BCUT2D eigenvalue weighted by Gasteiger charge is -2.31. The molecule has 1 aromatic carbocycles. The quantitative estimate of drug-likeness (QED) is 0.541. The summed E-state index contributed by atoms with van der Waals surface area (Å²) < 4.78 is 3.24. The largest absolute Gasteiger partial charge is 0.343 e. The highest BCUT2D eigenvalue weighted by molar-refractivity contribution is 5.80. The Morgan fingerprint density at radius 3 is 2.55 bits per heavy atom. The Bertz CT molecular complexity index is 1380. The lowest BCUT2D eigenvalue weighted by Crippen LogP contribution is -2.39. The first-order valence-corrected chi connectivity index (χ1v) is 10.4. The fourth-order valence-electron chi connectivity index (χ4n) is 4.29. The number of hydrogen-bond acceptors (Lipinski definition) is 5. The second-order valence-corrected chi connectivity index (χ2v) is 7.84. The summed E-state index contributed by atoms with van der Waals surface area (Å²) in [6.07, 6.45) is 3.75. The molecular weight excluding hydrogens is 396 g/mol. The average molecular weight is 418 g/mol. The Hall–Kier alpha value is -3.75. The van der Waals surface area contributed by atoms with Gasteiger partial charge in [-0.2, -0.15) is 0 Å². The van der Waals surface area contributed by atoms with Crippen LogP contribution in [0, 0.1) is 0 Å². The highest BCUT2D eigenvalue weighted by Gasteiger charge is 2.26. The minimum Gasteiger partial charge on any atom is -0.343 e. The smallest absolute Gasteiger partial charge is 0.273 e. The summed E-state index contributed by atoms with van der Waals surface area (Å²) in [6, 6.07) is 12.5. The number of benzene rings is 1. The molecule has 3 aromatic heterocycles. The van der Waals surface area contributed by atoms with Gasteiger partial charge in [-0.05, 0) is 37.1 Å². The van der Waals surface area contributed by atoms with Crippen molar-refractivity contribution in [3.63, 3.8) is 0 Å². The first-order chi connectivity index (χ1) is 15.1. The van der Waals surface area contributed by atoms with Gasteiger partial charge in [-0.1, -0.05) is 18.2 Å². The van der Waals surface area contributed by atoms with Gasteiger partial charge in [0.1, 0.15) is 5.82 Å². The minimum atomic E-state index is -0.330. The monoisotopic (exact) mass is 418 g/mol. The third kappa shape index (κ3) is 3.52.